The molecule has 0 saturated heterocycles. The van der Waals surface area contributed by atoms with Gasteiger partial charge in [-0.2, -0.15) is 0 Å². The van der Waals surface area contributed by atoms with E-state index in [9.17, 15) is 0 Å². The van der Waals surface area contributed by atoms with Crippen LogP contribution in [0.4, 0.5) is 0 Å². The number of hydrogen-bond donors (Lipinski definition) is 2. The van der Waals surface area contributed by atoms with E-state index in [4.69, 9.17) is 14.2 Å². The van der Waals surface area contributed by atoms with E-state index in [1.54, 1.807) is 14.2 Å². The van der Waals surface area contributed by atoms with Gasteiger partial charge in [-0.05, 0) is 44.0 Å². The predicted molar refractivity (Wildman–Crippen MR) is 133 cm³/mol. The average Bonchev–Trinajstić information content (AvgIpc) is 2.73. The van der Waals surface area contributed by atoms with Crippen LogP contribution in [0.2, 0.25) is 0 Å². The van der Waals surface area contributed by atoms with E-state index in [0.29, 0.717) is 19.7 Å². The summed E-state index contributed by atoms with van der Waals surface area (Å²) in [5.41, 5.74) is 2.35. The Balaban J connectivity index is 0.00000450. The van der Waals surface area contributed by atoms with Gasteiger partial charge in [-0.3, -0.25) is 4.99 Å². The number of guanidine groups is 1. The molecule has 2 aromatic carbocycles. The van der Waals surface area contributed by atoms with Gasteiger partial charge in [0.1, 0.15) is 6.10 Å². The van der Waals surface area contributed by atoms with Crippen molar-refractivity contribution in [2.45, 2.75) is 46.1 Å². The van der Waals surface area contributed by atoms with Crippen molar-refractivity contribution < 1.29 is 14.2 Å². The number of benzene rings is 2. The Morgan fingerprint density at radius 2 is 1.57 bits per heavy atom. The van der Waals surface area contributed by atoms with Crippen molar-refractivity contribution in [3.63, 3.8) is 0 Å². The zero-order chi connectivity index (χ0) is 21.1. The summed E-state index contributed by atoms with van der Waals surface area (Å²) < 4.78 is 16.9. The van der Waals surface area contributed by atoms with Crippen LogP contribution in [-0.4, -0.2) is 38.9 Å². The SMILES string of the molecule is CN=C(NCc1ccc(COC(C)C)cc1)NCC(C)Oc1ccccc1OC.I. The van der Waals surface area contributed by atoms with Gasteiger partial charge in [0, 0.05) is 13.6 Å². The third-order valence-corrected chi connectivity index (χ3v) is 4.24. The lowest BCUT2D eigenvalue weighted by Crippen LogP contribution is -2.41. The summed E-state index contributed by atoms with van der Waals surface area (Å²) in [4.78, 5) is 4.28. The van der Waals surface area contributed by atoms with Gasteiger partial charge in [-0.1, -0.05) is 36.4 Å². The maximum absolute atomic E-state index is 5.96. The summed E-state index contributed by atoms with van der Waals surface area (Å²) in [6.07, 6.45) is 0.185. The summed E-state index contributed by atoms with van der Waals surface area (Å²) in [6.45, 7) is 8.03. The molecule has 0 aliphatic rings. The van der Waals surface area contributed by atoms with Gasteiger partial charge in [-0.25, -0.2) is 0 Å². The Kier molecular flexibility index (Phi) is 12.2. The molecule has 0 aliphatic heterocycles. The highest BCUT2D eigenvalue weighted by Crippen LogP contribution is 2.26. The number of rotatable bonds is 10. The molecule has 30 heavy (non-hydrogen) atoms. The highest BCUT2D eigenvalue weighted by atomic mass is 127. The predicted octanol–water partition coefficient (Wildman–Crippen LogP) is 4.37. The molecule has 0 spiro atoms. The zero-order valence-electron chi connectivity index (χ0n) is 18.5. The standard InChI is InChI=1S/C23H33N3O3.HI/c1-17(2)28-16-20-12-10-19(11-13-20)15-26-23(24-4)25-14-18(3)29-22-9-7-6-8-21(22)27-5;/h6-13,17-18H,14-16H2,1-5H3,(H2,24,25,26);1H. The van der Waals surface area contributed by atoms with Crippen LogP contribution in [0.1, 0.15) is 31.9 Å². The second-order valence-corrected chi connectivity index (χ2v) is 7.06. The van der Waals surface area contributed by atoms with Crippen LogP contribution in [0.15, 0.2) is 53.5 Å². The number of hydrogen-bond acceptors (Lipinski definition) is 4. The van der Waals surface area contributed by atoms with Crippen LogP contribution >= 0.6 is 24.0 Å². The lowest BCUT2D eigenvalue weighted by atomic mass is 10.1. The van der Waals surface area contributed by atoms with Crippen molar-refractivity contribution in [2.24, 2.45) is 4.99 Å². The van der Waals surface area contributed by atoms with Crippen molar-refractivity contribution in [1.82, 2.24) is 10.6 Å². The number of halogens is 1. The van der Waals surface area contributed by atoms with E-state index in [2.05, 4.69) is 39.9 Å². The summed E-state index contributed by atoms with van der Waals surface area (Å²) in [5.74, 6) is 2.19. The van der Waals surface area contributed by atoms with Crippen LogP contribution < -0.4 is 20.1 Å². The molecule has 0 radical (unpaired) electrons. The van der Waals surface area contributed by atoms with Gasteiger partial charge in [0.25, 0.3) is 0 Å². The molecule has 0 saturated carbocycles. The minimum Gasteiger partial charge on any atom is -0.493 e. The van der Waals surface area contributed by atoms with Crippen molar-refractivity contribution in [2.75, 3.05) is 20.7 Å². The molecule has 6 nitrogen and oxygen atoms in total. The largest absolute Gasteiger partial charge is 0.493 e. The van der Waals surface area contributed by atoms with Crippen molar-refractivity contribution in [1.29, 1.82) is 0 Å². The smallest absolute Gasteiger partial charge is 0.191 e. The second-order valence-electron chi connectivity index (χ2n) is 7.06. The Labute approximate surface area is 197 Å². The lowest BCUT2D eigenvalue weighted by molar-refractivity contribution is 0.0657. The first-order chi connectivity index (χ1) is 14.0. The van der Waals surface area contributed by atoms with Gasteiger partial charge >= 0.3 is 0 Å². The topological polar surface area (TPSA) is 64.1 Å². The van der Waals surface area contributed by atoms with Crippen LogP contribution in [-0.2, 0) is 17.9 Å². The van der Waals surface area contributed by atoms with E-state index in [1.807, 2.05) is 45.0 Å². The molecule has 166 valence electrons. The van der Waals surface area contributed by atoms with Crippen LogP contribution in [0.3, 0.4) is 0 Å². The minimum atomic E-state index is -0.0508. The lowest BCUT2D eigenvalue weighted by Gasteiger charge is -2.19. The average molecular weight is 527 g/mol. The number of nitrogens with zero attached hydrogens (tertiary/aromatic N) is 1. The minimum absolute atomic E-state index is 0. The van der Waals surface area contributed by atoms with Crippen LogP contribution in [0.25, 0.3) is 0 Å². The number of para-hydroxylation sites is 2. The summed E-state index contributed by atoms with van der Waals surface area (Å²) in [5, 5.41) is 6.62. The first-order valence-corrected chi connectivity index (χ1v) is 9.95. The second kappa shape index (κ2) is 14.1. The van der Waals surface area contributed by atoms with E-state index in [0.717, 1.165) is 17.5 Å². The van der Waals surface area contributed by atoms with Crippen LogP contribution in [0, 0.1) is 0 Å². The van der Waals surface area contributed by atoms with Crippen molar-refractivity contribution >= 4 is 29.9 Å². The normalized spacial score (nSPS) is 12.1. The fourth-order valence-corrected chi connectivity index (χ4v) is 2.64. The molecule has 2 N–H and O–H groups in total. The molecule has 0 bridgehead atoms. The highest BCUT2D eigenvalue weighted by Gasteiger charge is 2.09. The molecule has 0 aliphatic carbocycles. The van der Waals surface area contributed by atoms with Crippen LogP contribution in [0.5, 0.6) is 11.5 Å². The van der Waals surface area contributed by atoms with E-state index < -0.39 is 0 Å². The fourth-order valence-electron chi connectivity index (χ4n) is 2.64. The maximum atomic E-state index is 5.96. The summed E-state index contributed by atoms with van der Waals surface area (Å²) in [6, 6.07) is 16.0. The van der Waals surface area contributed by atoms with Gasteiger partial charge in [0.2, 0.25) is 0 Å². The molecule has 0 fully saturated rings. The Bertz CT molecular complexity index is 767. The van der Waals surface area contributed by atoms with E-state index in [1.165, 1.54) is 11.1 Å². The quantitative estimate of drug-likeness (QED) is 0.273. The molecule has 0 amide bonds. The molecule has 7 heteroatoms. The maximum Gasteiger partial charge on any atom is 0.191 e. The molecular formula is C23H34IN3O3. The van der Waals surface area contributed by atoms with E-state index in [-0.39, 0.29) is 36.2 Å². The van der Waals surface area contributed by atoms with Crippen molar-refractivity contribution in [3.05, 3.63) is 59.7 Å². The molecule has 2 rings (SSSR count). The molecule has 0 aromatic heterocycles. The van der Waals surface area contributed by atoms with E-state index >= 15 is 0 Å². The number of methoxy groups -OCH3 is 1. The van der Waals surface area contributed by atoms with Crippen molar-refractivity contribution in [3.8, 4) is 11.5 Å². The third-order valence-electron chi connectivity index (χ3n) is 4.24. The van der Waals surface area contributed by atoms with Gasteiger partial charge in [-0.15, -0.1) is 24.0 Å². The highest BCUT2D eigenvalue weighted by molar-refractivity contribution is 14.0. The summed E-state index contributed by atoms with van der Waals surface area (Å²) >= 11 is 0. The number of nitrogens with one attached hydrogen (secondary N) is 2. The Morgan fingerprint density at radius 1 is 0.933 bits per heavy atom. The third kappa shape index (κ3) is 9.21. The Morgan fingerprint density at radius 3 is 2.17 bits per heavy atom. The molecule has 1 atom stereocenters. The summed E-state index contributed by atoms with van der Waals surface area (Å²) in [7, 11) is 3.40. The monoisotopic (exact) mass is 527 g/mol. The first-order valence-electron chi connectivity index (χ1n) is 9.95. The molecule has 1 unspecified atom stereocenters. The molecular weight excluding hydrogens is 493 g/mol. The number of ether oxygens (including phenoxy) is 3. The first kappa shape index (κ1) is 26.0. The van der Waals surface area contributed by atoms with Gasteiger partial charge < -0.3 is 24.8 Å². The molecule has 2 aromatic rings. The Hall–Kier alpha value is -2.00. The molecule has 0 heterocycles. The van der Waals surface area contributed by atoms with Gasteiger partial charge in [0.15, 0.2) is 17.5 Å². The van der Waals surface area contributed by atoms with Gasteiger partial charge in [0.05, 0.1) is 26.4 Å². The fraction of sp³-hybridized carbons (Fsp3) is 0.435. The zero-order valence-corrected chi connectivity index (χ0v) is 20.8. The number of aliphatic imine (C=N–C) groups is 1.